The summed E-state index contributed by atoms with van der Waals surface area (Å²) in [5, 5.41) is 8.18. The number of alkyl halides is 2. The summed E-state index contributed by atoms with van der Waals surface area (Å²) in [7, 11) is 0. The topological polar surface area (TPSA) is 74.6 Å². The number of halogens is 2. The zero-order valence-corrected chi connectivity index (χ0v) is 18.5. The lowest BCUT2D eigenvalue weighted by molar-refractivity contribution is 0.000604. The number of pyridine rings is 2. The molecule has 0 amide bonds. The third kappa shape index (κ3) is 4.13. The van der Waals surface area contributed by atoms with Crippen LogP contribution in [-0.4, -0.2) is 35.4 Å². The van der Waals surface area contributed by atoms with Gasteiger partial charge >= 0.3 is 0 Å². The fourth-order valence-corrected chi connectivity index (χ4v) is 4.08. The molecule has 5 aromatic rings. The van der Waals surface area contributed by atoms with Crippen LogP contribution < -0.4 is 0 Å². The second kappa shape index (κ2) is 7.91. The first-order chi connectivity index (χ1) is 15.8. The standard InChI is InChI=1S/C24H22F2N6O/c1-15-22(16(2)33-30-15)17-8-21-23(28-9-17)20(13-31(21)12-19-6-4-5-7-27-19)18-10-29-32(11-18)14-24(3,25)26/h4-11,13H,12,14H2,1-3H3. The molecule has 0 aliphatic heterocycles. The summed E-state index contributed by atoms with van der Waals surface area (Å²) < 4.78 is 35.6. The van der Waals surface area contributed by atoms with Gasteiger partial charge in [-0.1, -0.05) is 11.2 Å². The van der Waals surface area contributed by atoms with Gasteiger partial charge in [0.1, 0.15) is 12.3 Å². The summed E-state index contributed by atoms with van der Waals surface area (Å²) in [6.07, 6.45) is 8.73. The Bertz CT molecular complexity index is 1410. The lowest BCUT2D eigenvalue weighted by atomic mass is 10.1. The van der Waals surface area contributed by atoms with E-state index in [4.69, 9.17) is 9.51 Å². The van der Waals surface area contributed by atoms with Crippen LogP contribution in [0.3, 0.4) is 0 Å². The van der Waals surface area contributed by atoms with Crippen molar-refractivity contribution >= 4 is 11.0 Å². The van der Waals surface area contributed by atoms with E-state index in [1.807, 2.05) is 44.3 Å². The Kier molecular flexibility index (Phi) is 5.03. The smallest absolute Gasteiger partial charge is 0.264 e. The van der Waals surface area contributed by atoms with Gasteiger partial charge in [0.2, 0.25) is 0 Å². The third-order valence-corrected chi connectivity index (χ3v) is 5.48. The van der Waals surface area contributed by atoms with Crippen molar-refractivity contribution in [1.29, 1.82) is 0 Å². The van der Waals surface area contributed by atoms with Crippen molar-refractivity contribution in [2.45, 2.75) is 39.8 Å². The summed E-state index contributed by atoms with van der Waals surface area (Å²) in [4.78, 5) is 9.19. The van der Waals surface area contributed by atoms with Crippen LogP contribution in [0.1, 0.15) is 24.1 Å². The molecule has 7 nitrogen and oxygen atoms in total. The molecule has 5 heterocycles. The van der Waals surface area contributed by atoms with E-state index in [0.717, 1.165) is 57.4 Å². The fourth-order valence-electron chi connectivity index (χ4n) is 4.08. The Morgan fingerprint density at radius 3 is 2.61 bits per heavy atom. The van der Waals surface area contributed by atoms with Gasteiger partial charge in [-0.25, -0.2) is 8.78 Å². The number of hydrogen-bond acceptors (Lipinski definition) is 5. The predicted octanol–water partition coefficient (Wildman–Crippen LogP) is 5.27. The lowest BCUT2D eigenvalue weighted by Gasteiger charge is -2.08. The average Bonchev–Trinajstić information content (AvgIpc) is 3.45. The number of fused-ring (bicyclic) bond motifs is 1. The van der Waals surface area contributed by atoms with Gasteiger partial charge in [-0.3, -0.25) is 14.6 Å². The van der Waals surface area contributed by atoms with Gasteiger partial charge < -0.3 is 9.09 Å². The van der Waals surface area contributed by atoms with Gasteiger partial charge in [0.05, 0.1) is 35.2 Å². The van der Waals surface area contributed by atoms with Crippen LogP contribution in [0, 0.1) is 13.8 Å². The van der Waals surface area contributed by atoms with E-state index in [1.54, 1.807) is 24.8 Å². The van der Waals surface area contributed by atoms with E-state index in [1.165, 1.54) is 4.68 Å². The van der Waals surface area contributed by atoms with Crippen LogP contribution in [0.15, 0.2) is 59.8 Å². The zero-order valence-electron chi connectivity index (χ0n) is 18.5. The van der Waals surface area contributed by atoms with Gasteiger partial charge in [0.15, 0.2) is 0 Å². The second-order valence-corrected chi connectivity index (χ2v) is 8.28. The van der Waals surface area contributed by atoms with Gasteiger partial charge in [0.25, 0.3) is 5.92 Å². The molecule has 0 saturated carbocycles. The largest absolute Gasteiger partial charge is 0.361 e. The molecule has 5 aromatic heterocycles. The van der Waals surface area contributed by atoms with Crippen molar-refractivity contribution in [1.82, 2.24) is 29.5 Å². The SMILES string of the molecule is Cc1noc(C)c1-c1cnc2c(-c3cnn(CC(C)(F)F)c3)cn(Cc3ccccn3)c2c1. The van der Waals surface area contributed by atoms with E-state index in [-0.39, 0.29) is 0 Å². The Hall–Kier alpha value is -3.88. The van der Waals surface area contributed by atoms with Crippen LogP contribution in [0.25, 0.3) is 33.3 Å². The van der Waals surface area contributed by atoms with Gasteiger partial charge in [0, 0.05) is 54.0 Å². The highest BCUT2D eigenvalue weighted by Gasteiger charge is 2.23. The maximum atomic E-state index is 13.5. The first kappa shape index (κ1) is 21.0. The van der Waals surface area contributed by atoms with Gasteiger partial charge in [-0.15, -0.1) is 0 Å². The van der Waals surface area contributed by atoms with Crippen molar-refractivity contribution < 1.29 is 13.3 Å². The normalized spacial score (nSPS) is 12.0. The number of nitrogens with zero attached hydrogens (tertiary/aromatic N) is 6. The Morgan fingerprint density at radius 1 is 1.06 bits per heavy atom. The summed E-state index contributed by atoms with van der Waals surface area (Å²) in [6.45, 7) is 4.70. The first-order valence-electron chi connectivity index (χ1n) is 10.5. The number of aromatic nitrogens is 6. The molecule has 9 heteroatoms. The molecular formula is C24H22F2N6O. The fraction of sp³-hybridized carbons (Fsp3) is 0.250. The highest BCUT2D eigenvalue weighted by Crippen LogP contribution is 2.34. The van der Waals surface area contributed by atoms with E-state index in [9.17, 15) is 8.78 Å². The van der Waals surface area contributed by atoms with E-state index < -0.39 is 12.5 Å². The highest BCUT2D eigenvalue weighted by atomic mass is 19.3. The lowest BCUT2D eigenvalue weighted by Crippen LogP contribution is -2.19. The van der Waals surface area contributed by atoms with E-state index in [2.05, 4.69) is 19.8 Å². The maximum absolute atomic E-state index is 13.5. The molecule has 33 heavy (non-hydrogen) atoms. The third-order valence-electron chi connectivity index (χ3n) is 5.48. The molecule has 0 radical (unpaired) electrons. The van der Waals surface area contributed by atoms with Gasteiger partial charge in [-0.2, -0.15) is 5.10 Å². The quantitative estimate of drug-likeness (QED) is 0.354. The van der Waals surface area contributed by atoms with Crippen molar-refractivity contribution in [2.75, 3.05) is 0 Å². The average molecular weight is 448 g/mol. The van der Waals surface area contributed by atoms with Gasteiger partial charge in [-0.05, 0) is 32.0 Å². The van der Waals surface area contributed by atoms with Crippen molar-refractivity contribution in [2.24, 2.45) is 0 Å². The Balaban J connectivity index is 1.64. The molecule has 0 aliphatic carbocycles. The minimum atomic E-state index is -2.85. The Labute approximate surface area is 188 Å². The van der Waals surface area contributed by atoms with Crippen LogP contribution in [-0.2, 0) is 13.1 Å². The molecule has 0 fully saturated rings. The van der Waals surface area contributed by atoms with Crippen LogP contribution >= 0.6 is 0 Å². The molecule has 0 unspecified atom stereocenters. The second-order valence-electron chi connectivity index (χ2n) is 8.28. The monoisotopic (exact) mass is 448 g/mol. The van der Waals surface area contributed by atoms with Crippen LogP contribution in [0.4, 0.5) is 8.78 Å². The number of hydrogen-bond donors (Lipinski definition) is 0. The van der Waals surface area contributed by atoms with E-state index >= 15 is 0 Å². The van der Waals surface area contributed by atoms with Crippen LogP contribution in [0.2, 0.25) is 0 Å². The molecule has 0 aromatic carbocycles. The number of rotatable bonds is 6. The van der Waals surface area contributed by atoms with Crippen molar-refractivity contribution in [3.8, 4) is 22.3 Å². The molecule has 0 atom stereocenters. The summed E-state index contributed by atoms with van der Waals surface area (Å²) in [6, 6.07) is 7.82. The molecule has 5 rings (SSSR count). The summed E-state index contributed by atoms with van der Waals surface area (Å²) in [5.74, 6) is -2.13. The highest BCUT2D eigenvalue weighted by molar-refractivity contribution is 5.94. The van der Waals surface area contributed by atoms with Crippen molar-refractivity contribution in [3.05, 3.63) is 72.4 Å². The molecule has 0 bridgehead atoms. The summed E-state index contributed by atoms with van der Waals surface area (Å²) >= 11 is 0. The minimum Gasteiger partial charge on any atom is -0.361 e. The first-order valence-corrected chi connectivity index (χ1v) is 10.5. The maximum Gasteiger partial charge on any atom is 0.264 e. The molecule has 168 valence electrons. The van der Waals surface area contributed by atoms with Crippen molar-refractivity contribution in [3.63, 3.8) is 0 Å². The van der Waals surface area contributed by atoms with Crippen LogP contribution in [0.5, 0.6) is 0 Å². The molecular weight excluding hydrogens is 426 g/mol. The minimum absolute atomic E-state index is 0.483. The zero-order chi connectivity index (χ0) is 23.2. The molecule has 0 spiro atoms. The van der Waals surface area contributed by atoms with E-state index in [0.29, 0.717) is 6.54 Å². The Morgan fingerprint density at radius 2 is 1.91 bits per heavy atom. The molecule has 0 saturated heterocycles. The number of aryl methyl sites for hydroxylation is 2. The molecule has 0 N–H and O–H groups in total. The predicted molar refractivity (Wildman–Crippen MR) is 120 cm³/mol. The molecule has 0 aliphatic rings. The summed E-state index contributed by atoms with van der Waals surface area (Å²) in [5.41, 5.74) is 6.68.